The van der Waals surface area contributed by atoms with Crippen LogP contribution in [-0.2, 0) is 15.7 Å². The molecule has 1 aromatic carbocycles. The van der Waals surface area contributed by atoms with E-state index in [0.29, 0.717) is 50.2 Å². The molecule has 4 atom stereocenters. The minimum absolute atomic E-state index is 0.255. The normalized spacial score (nSPS) is 32.9. The predicted molar refractivity (Wildman–Crippen MR) is 123 cm³/mol. The number of benzene rings is 1. The minimum Gasteiger partial charge on any atom is -0.378 e. The summed E-state index contributed by atoms with van der Waals surface area (Å²) in [5, 5.41) is 9.68. The van der Waals surface area contributed by atoms with Crippen LogP contribution >= 0.6 is 0 Å². The second-order valence-corrected chi connectivity index (χ2v) is 9.87. The SMILES string of the molecule is NC(=O)CC1CCC(CNC2NCNC(N3CCOC[C@@H]3c3ccc(C(F)(F)F)cc3)C2F)CC1. The van der Waals surface area contributed by atoms with Gasteiger partial charge in [-0.1, -0.05) is 12.1 Å². The molecule has 196 valence electrons. The van der Waals surface area contributed by atoms with Crippen LogP contribution in [0.15, 0.2) is 24.3 Å². The summed E-state index contributed by atoms with van der Waals surface area (Å²) >= 11 is 0. The maximum absolute atomic E-state index is 15.7. The van der Waals surface area contributed by atoms with Crippen molar-refractivity contribution >= 4 is 5.91 Å². The first-order chi connectivity index (χ1) is 16.7. The number of carbonyl (C=O) groups is 1. The third kappa shape index (κ3) is 6.71. The highest BCUT2D eigenvalue weighted by Crippen LogP contribution is 2.33. The highest BCUT2D eigenvalue weighted by Gasteiger charge is 2.41. The molecule has 1 saturated carbocycles. The van der Waals surface area contributed by atoms with Gasteiger partial charge >= 0.3 is 6.18 Å². The Morgan fingerprint density at radius 2 is 1.80 bits per heavy atom. The minimum atomic E-state index is -4.40. The third-order valence-corrected chi connectivity index (χ3v) is 7.49. The Balaban J connectivity index is 1.35. The number of nitrogens with two attached hydrogens (primary N) is 1. The molecule has 11 heteroatoms. The zero-order valence-corrected chi connectivity index (χ0v) is 19.7. The van der Waals surface area contributed by atoms with E-state index in [1.54, 1.807) is 0 Å². The summed E-state index contributed by atoms with van der Waals surface area (Å²) in [6.45, 7) is 2.28. The van der Waals surface area contributed by atoms with Crippen LogP contribution in [0.25, 0.3) is 0 Å². The monoisotopic (exact) mass is 501 g/mol. The number of primary amides is 1. The van der Waals surface area contributed by atoms with E-state index < -0.39 is 30.2 Å². The van der Waals surface area contributed by atoms with Gasteiger partial charge in [-0.15, -0.1) is 0 Å². The third-order valence-electron chi connectivity index (χ3n) is 7.49. The van der Waals surface area contributed by atoms with Crippen LogP contribution in [0.1, 0.15) is 49.3 Å². The molecule has 4 rings (SSSR count). The van der Waals surface area contributed by atoms with Crippen LogP contribution in [-0.4, -0.2) is 62.3 Å². The first-order valence-corrected chi connectivity index (χ1v) is 12.4. The molecule has 5 N–H and O–H groups in total. The van der Waals surface area contributed by atoms with Crippen molar-refractivity contribution in [3.63, 3.8) is 0 Å². The second kappa shape index (κ2) is 11.5. The van der Waals surface area contributed by atoms with E-state index in [1.165, 1.54) is 12.1 Å². The fraction of sp³-hybridized carbons (Fsp3) is 0.708. The number of amides is 1. The quantitative estimate of drug-likeness (QED) is 0.430. The molecule has 7 nitrogen and oxygen atoms in total. The van der Waals surface area contributed by atoms with E-state index in [9.17, 15) is 18.0 Å². The highest BCUT2D eigenvalue weighted by atomic mass is 19.4. The molecule has 3 unspecified atom stereocenters. The van der Waals surface area contributed by atoms with Crippen LogP contribution in [0.3, 0.4) is 0 Å². The summed E-state index contributed by atoms with van der Waals surface area (Å²) in [6.07, 6.45) is -2.50. The maximum atomic E-state index is 15.7. The van der Waals surface area contributed by atoms with Gasteiger partial charge in [-0.05, 0) is 61.8 Å². The summed E-state index contributed by atoms with van der Waals surface area (Å²) in [6, 6.07) is 4.68. The van der Waals surface area contributed by atoms with Crippen molar-refractivity contribution in [3.8, 4) is 0 Å². The van der Waals surface area contributed by atoms with Gasteiger partial charge in [0.1, 0.15) is 0 Å². The topological polar surface area (TPSA) is 91.7 Å². The molecule has 0 bridgehead atoms. The molecule has 3 aliphatic rings. The Labute approximate surface area is 203 Å². The average Bonchev–Trinajstić information content (AvgIpc) is 2.84. The number of hydrogen-bond donors (Lipinski definition) is 4. The molecule has 1 amide bonds. The smallest absolute Gasteiger partial charge is 0.378 e. The largest absolute Gasteiger partial charge is 0.416 e. The van der Waals surface area contributed by atoms with Crippen molar-refractivity contribution in [2.75, 3.05) is 33.0 Å². The average molecular weight is 502 g/mol. The number of halogens is 4. The van der Waals surface area contributed by atoms with Crippen molar-refractivity contribution in [2.45, 2.75) is 62.8 Å². The molecule has 35 heavy (non-hydrogen) atoms. The molecule has 2 aliphatic heterocycles. The van der Waals surface area contributed by atoms with Gasteiger partial charge in [0.15, 0.2) is 6.17 Å². The molecular weight excluding hydrogens is 466 g/mol. The van der Waals surface area contributed by atoms with E-state index >= 15 is 4.39 Å². The van der Waals surface area contributed by atoms with Gasteiger partial charge in [-0.2, -0.15) is 13.2 Å². The van der Waals surface area contributed by atoms with Crippen molar-refractivity contribution in [3.05, 3.63) is 35.4 Å². The number of rotatable bonds is 7. The van der Waals surface area contributed by atoms with Gasteiger partial charge in [-0.25, -0.2) is 4.39 Å². The summed E-state index contributed by atoms with van der Waals surface area (Å²) < 4.78 is 60.2. The van der Waals surface area contributed by atoms with E-state index in [-0.39, 0.29) is 18.6 Å². The molecule has 1 aliphatic carbocycles. The lowest BCUT2D eigenvalue weighted by Crippen LogP contribution is -2.69. The number of ether oxygens (including phenoxy) is 1. The Kier molecular flexibility index (Phi) is 8.64. The lowest BCUT2D eigenvalue weighted by atomic mass is 9.80. The first-order valence-electron chi connectivity index (χ1n) is 12.4. The van der Waals surface area contributed by atoms with Gasteiger partial charge in [0.05, 0.1) is 37.2 Å². The van der Waals surface area contributed by atoms with Crippen molar-refractivity contribution < 1.29 is 27.1 Å². The molecule has 0 aromatic heterocycles. The molecule has 1 aromatic rings. The van der Waals surface area contributed by atoms with Crippen molar-refractivity contribution in [2.24, 2.45) is 17.6 Å². The lowest BCUT2D eigenvalue weighted by molar-refractivity contribution is -0.137. The van der Waals surface area contributed by atoms with Gasteiger partial charge in [0, 0.05) is 19.6 Å². The van der Waals surface area contributed by atoms with Crippen molar-refractivity contribution in [1.82, 2.24) is 20.9 Å². The predicted octanol–water partition coefficient (Wildman–Crippen LogP) is 2.49. The molecule has 0 radical (unpaired) electrons. The number of nitrogens with zero attached hydrogens (tertiary/aromatic N) is 1. The zero-order valence-electron chi connectivity index (χ0n) is 19.7. The Bertz CT molecular complexity index is 832. The van der Waals surface area contributed by atoms with E-state index in [0.717, 1.165) is 37.8 Å². The maximum Gasteiger partial charge on any atom is 0.416 e. The number of carbonyl (C=O) groups excluding carboxylic acids is 1. The molecular formula is C24H35F4N5O2. The fourth-order valence-electron chi connectivity index (χ4n) is 5.52. The Hall–Kier alpha value is -1.79. The van der Waals surface area contributed by atoms with Crippen LogP contribution in [0.5, 0.6) is 0 Å². The van der Waals surface area contributed by atoms with Crippen LogP contribution in [0.2, 0.25) is 0 Å². The van der Waals surface area contributed by atoms with E-state index in [1.807, 2.05) is 4.90 Å². The summed E-state index contributed by atoms with van der Waals surface area (Å²) in [5.74, 6) is 0.516. The molecule has 3 fully saturated rings. The first kappa shape index (κ1) is 26.3. The summed E-state index contributed by atoms with van der Waals surface area (Å²) in [4.78, 5) is 13.1. The summed E-state index contributed by atoms with van der Waals surface area (Å²) in [5.41, 5.74) is 5.27. The summed E-state index contributed by atoms with van der Waals surface area (Å²) in [7, 11) is 0. The van der Waals surface area contributed by atoms with E-state index in [4.69, 9.17) is 10.5 Å². The Morgan fingerprint density at radius 1 is 1.11 bits per heavy atom. The number of morpholine rings is 1. The van der Waals surface area contributed by atoms with Gasteiger partial charge < -0.3 is 10.5 Å². The fourth-order valence-corrected chi connectivity index (χ4v) is 5.52. The zero-order chi connectivity index (χ0) is 25.0. The molecule has 2 saturated heterocycles. The molecule has 0 spiro atoms. The molecule has 2 heterocycles. The van der Waals surface area contributed by atoms with Gasteiger partial charge in [0.2, 0.25) is 5.91 Å². The van der Waals surface area contributed by atoms with Crippen LogP contribution < -0.4 is 21.7 Å². The van der Waals surface area contributed by atoms with Crippen molar-refractivity contribution in [1.29, 1.82) is 0 Å². The standard InChI is InChI=1S/C24H35F4N5O2/c25-21-22(30-12-16-3-1-15(2-4-16)11-20(29)34)31-14-32-23(21)33-9-10-35-13-19(33)17-5-7-18(8-6-17)24(26,27)28/h5-8,15-16,19,21-23,30-32H,1-4,9-14H2,(H2,29,34)/t15?,16?,19-,21?,22?,23?/m1/s1. The van der Waals surface area contributed by atoms with Crippen LogP contribution in [0, 0.1) is 11.8 Å². The highest BCUT2D eigenvalue weighted by molar-refractivity contribution is 5.73. The number of alkyl halides is 4. The Morgan fingerprint density at radius 3 is 2.46 bits per heavy atom. The second-order valence-electron chi connectivity index (χ2n) is 9.87. The lowest BCUT2D eigenvalue weighted by Gasteiger charge is -2.46. The van der Waals surface area contributed by atoms with Crippen LogP contribution in [0.4, 0.5) is 17.6 Å². The number of nitrogens with one attached hydrogen (secondary N) is 3. The van der Waals surface area contributed by atoms with Gasteiger partial charge in [-0.3, -0.25) is 25.6 Å². The number of hydrogen-bond acceptors (Lipinski definition) is 6. The van der Waals surface area contributed by atoms with E-state index in [2.05, 4.69) is 16.0 Å². The van der Waals surface area contributed by atoms with Gasteiger partial charge in [0.25, 0.3) is 0 Å².